The summed E-state index contributed by atoms with van der Waals surface area (Å²) in [6.45, 7) is 8.26. The van der Waals surface area contributed by atoms with E-state index in [1.807, 2.05) is 24.3 Å². The molecular formula is C21H26N2O5. The van der Waals surface area contributed by atoms with Gasteiger partial charge >= 0.3 is 5.97 Å². The van der Waals surface area contributed by atoms with Crippen molar-refractivity contribution in [3.8, 4) is 11.5 Å². The number of rotatable bonds is 7. The molecule has 150 valence electrons. The van der Waals surface area contributed by atoms with Gasteiger partial charge in [-0.2, -0.15) is 0 Å². The average Bonchev–Trinajstić information content (AvgIpc) is 2.62. The molecule has 7 heteroatoms. The van der Waals surface area contributed by atoms with Crippen molar-refractivity contribution in [1.29, 1.82) is 0 Å². The summed E-state index contributed by atoms with van der Waals surface area (Å²) in [5.41, 5.74) is 7.44. The number of non-ortho nitro benzene ring substituents is 1. The molecule has 2 N–H and O–H groups in total. The fourth-order valence-corrected chi connectivity index (χ4v) is 2.66. The molecule has 2 aromatic carbocycles. The summed E-state index contributed by atoms with van der Waals surface area (Å²) >= 11 is 0. The van der Waals surface area contributed by atoms with E-state index in [2.05, 4.69) is 20.8 Å². The first-order valence-electron chi connectivity index (χ1n) is 9.09. The van der Waals surface area contributed by atoms with E-state index in [4.69, 9.17) is 15.2 Å². The Bertz CT molecular complexity index is 841. The van der Waals surface area contributed by atoms with Crippen molar-refractivity contribution < 1.29 is 19.2 Å². The number of nitrogens with two attached hydrogens (primary N) is 1. The van der Waals surface area contributed by atoms with Crippen LogP contribution in [0.1, 0.15) is 38.8 Å². The fraction of sp³-hybridized carbons (Fsp3) is 0.381. The quantitative estimate of drug-likeness (QED) is 0.436. The molecule has 1 unspecified atom stereocenters. The minimum atomic E-state index is -0.937. The first-order valence-corrected chi connectivity index (χ1v) is 9.09. The predicted octanol–water partition coefficient (Wildman–Crippen LogP) is 4.12. The maximum absolute atomic E-state index is 11.8. The number of carbonyl (C=O) groups is 1. The lowest BCUT2D eigenvalue weighted by atomic mass is 9.87. The van der Waals surface area contributed by atoms with Crippen LogP contribution in [0, 0.1) is 10.1 Å². The third kappa shape index (κ3) is 5.53. The Morgan fingerprint density at radius 3 is 2.36 bits per heavy atom. The molecule has 1 atom stereocenters. The molecule has 0 radical (unpaired) electrons. The summed E-state index contributed by atoms with van der Waals surface area (Å²) in [5.74, 6) is 0.441. The van der Waals surface area contributed by atoms with Gasteiger partial charge in [0.1, 0.15) is 17.5 Å². The van der Waals surface area contributed by atoms with Crippen molar-refractivity contribution >= 4 is 11.7 Å². The zero-order valence-electron chi connectivity index (χ0n) is 16.6. The number of ether oxygens (including phenoxy) is 2. The van der Waals surface area contributed by atoms with Crippen LogP contribution in [-0.2, 0) is 21.4 Å². The number of nitro groups is 1. The van der Waals surface area contributed by atoms with E-state index in [0.29, 0.717) is 17.1 Å². The van der Waals surface area contributed by atoms with Gasteiger partial charge in [-0.3, -0.25) is 14.9 Å². The number of hydrogen-bond acceptors (Lipinski definition) is 6. The molecule has 2 rings (SSSR count). The highest BCUT2D eigenvalue weighted by Crippen LogP contribution is 2.31. The largest absolute Gasteiger partial charge is 0.465 e. The minimum Gasteiger partial charge on any atom is -0.465 e. The average molecular weight is 386 g/mol. The summed E-state index contributed by atoms with van der Waals surface area (Å²) in [6.07, 6.45) is 0.0654. The fourth-order valence-electron chi connectivity index (χ4n) is 2.66. The molecule has 0 aliphatic heterocycles. The van der Waals surface area contributed by atoms with E-state index >= 15 is 0 Å². The molecule has 2 aromatic rings. The standard InChI is InChI=1S/C21H26N2O5/c1-5-27-20(24)18(22)13-14-12-16(23(25)26)8-11-19(14)28-17-9-6-15(7-10-17)21(2,3)4/h6-12,18H,5,13,22H2,1-4H3. The molecule has 0 heterocycles. The summed E-state index contributed by atoms with van der Waals surface area (Å²) in [6, 6.07) is 11.0. The molecule has 7 nitrogen and oxygen atoms in total. The Labute approximate surface area is 164 Å². The van der Waals surface area contributed by atoms with E-state index in [1.165, 1.54) is 18.2 Å². The van der Waals surface area contributed by atoms with E-state index < -0.39 is 16.9 Å². The van der Waals surface area contributed by atoms with Crippen molar-refractivity contribution in [2.24, 2.45) is 5.73 Å². The molecule has 0 aliphatic carbocycles. The van der Waals surface area contributed by atoms with Crippen LogP contribution >= 0.6 is 0 Å². The van der Waals surface area contributed by atoms with Gasteiger partial charge in [-0.1, -0.05) is 32.9 Å². The van der Waals surface area contributed by atoms with Gasteiger partial charge in [-0.15, -0.1) is 0 Å². The van der Waals surface area contributed by atoms with E-state index in [-0.39, 0.29) is 24.1 Å². The monoisotopic (exact) mass is 386 g/mol. The third-order valence-corrected chi connectivity index (χ3v) is 4.23. The van der Waals surface area contributed by atoms with E-state index in [1.54, 1.807) is 6.92 Å². The van der Waals surface area contributed by atoms with Gasteiger partial charge in [0.2, 0.25) is 0 Å². The zero-order chi connectivity index (χ0) is 20.9. The summed E-state index contributed by atoms with van der Waals surface area (Å²) in [7, 11) is 0. The molecular weight excluding hydrogens is 360 g/mol. The van der Waals surface area contributed by atoms with Gasteiger partial charge in [-0.05, 0) is 36.1 Å². The zero-order valence-corrected chi connectivity index (χ0v) is 16.6. The van der Waals surface area contributed by atoms with Gasteiger partial charge in [-0.25, -0.2) is 0 Å². The summed E-state index contributed by atoms with van der Waals surface area (Å²) in [5, 5.41) is 11.1. The topological polar surface area (TPSA) is 105 Å². The molecule has 0 spiro atoms. The van der Waals surface area contributed by atoms with Gasteiger partial charge in [0.05, 0.1) is 11.5 Å². The van der Waals surface area contributed by atoms with E-state index in [0.717, 1.165) is 5.56 Å². The van der Waals surface area contributed by atoms with Crippen LogP contribution in [0.15, 0.2) is 42.5 Å². The smallest absolute Gasteiger partial charge is 0.323 e. The third-order valence-electron chi connectivity index (χ3n) is 4.23. The maximum Gasteiger partial charge on any atom is 0.323 e. The first kappa shape index (κ1) is 21.4. The molecule has 0 bridgehead atoms. The Kier molecular flexibility index (Phi) is 6.75. The number of esters is 1. The van der Waals surface area contributed by atoms with Crippen LogP contribution in [0.2, 0.25) is 0 Å². The Morgan fingerprint density at radius 2 is 1.82 bits per heavy atom. The number of benzene rings is 2. The van der Waals surface area contributed by atoms with Crippen LogP contribution in [-0.4, -0.2) is 23.5 Å². The second kappa shape index (κ2) is 8.84. The Balaban J connectivity index is 2.29. The lowest BCUT2D eigenvalue weighted by Crippen LogP contribution is -2.34. The molecule has 0 aliphatic rings. The minimum absolute atomic E-state index is 0.0173. The normalized spacial score (nSPS) is 12.3. The molecule has 0 aromatic heterocycles. The first-order chi connectivity index (χ1) is 13.1. The van der Waals surface area contributed by atoms with Crippen molar-refractivity contribution in [3.05, 3.63) is 63.7 Å². The van der Waals surface area contributed by atoms with E-state index in [9.17, 15) is 14.9 Å². The lowest BCUT2D eigenvalue weighted by molar-refractivity contribution is -0.384. The SMILES string of the molecule is CCOC(=O)C(N)Cc1cc([N+](=O)[O-])ccc1Oc1ccc(C(C)(C)C)cc1. The van der Waals surface area contributed by atoms with Crippen molar-refractivity contribution in [2.75, 3.05) is 6.61 Å². The summed E-state index contributed by atoms with van der Waals surface area (Å²) in [4.78, 5) is 22.5. The van der Waals surface area contributed by atoms with Gasteiger partial charge < -0.3 is 15.2 Å². The molecule has 0 saturated carbocycles. The highest BCUT2D eigenvalue weighted by Gasteiger charge is 2.20. The van der Waals surface area contributed by atoms with Crippen molar-refractivity contribution in [2.45, 2.75) is 45.6 Å². The maximum atomic E-state index is 11.8. The number of nitrogens with zero attached hydrogens (tertiary/aromatic N) is 1. The number of carbonyl (C=O) groups excluding carboxylic acids is 1. The van der Waals surface area contributed by atoms with Gasteiger partial charge in [0.25, 0.3) is 5.69 Å². The highest BCUT2D eigenvalue weighted by molar-refractivity contribution is 5.76. The highest BCUT2D eigenvalue weighted by atomic mass is 16.6. The van der Waals surface area contributed by atoms with Crippen LogP contribution in [0.4, 0.5) is 5.69 Å². The lowest BCUT2D eigenvalue weighted by Gasteiger charge is -2.19. The predicted molar refractivity (Wildman–Crippen MR) is 107 cm³/mol. The molecule has 0 saturated heterocycles. The van der Waals surface area contributed by atoms with Crippen LogP contribution in [0.3, 0.4) is 0 Å². The van der Waals surface area contributed by atoms with Crippen LogP contribution in [0.5, 0.6) is 11.5 Å². The summed E-state index contributed by atoms with van der Waals surface area (Å²) < 4.78 is 10.8. The van der Waals surface area contributed by atoms with Gasteiger partial charge in [0, 0.05) is 24.1 Å². The van der Waals surface area contributed by atoms with Crippen molar-refractivity contribution in [3.63, 3.8) is 0 Å². The number of hydrogen-bond donors (Lipinski definition) is 1. The van der Waals surface area contributed by atoms with Crippen molar-refractivity contribution in [1.82, 2.24) is 0 Å². The Hall–Kier alpha value is -2.93. The number of nitro benzene ring substituents is 1. The molecule has 28 heavy (non-hydrogen) atoms. The molecule has 0 fully saturated rings. The van der Waals surface area contributed by atoms with Crippen LogP contribution < -0.4 is 10.5 Å². The second-order valence-electron chi connectivity index (χ2n) is 7.49. The second-order valence-corrected chi connectivity index (χ2v) is 7.49. The molecule has 0 amide bonds. The van der Waals surface area contributed by atoms with Crippen LogP contribution in [0.25, 0.3) is 0 Å². The van der Waals surface area contributed by atoms with Gasteiger partial charge in [0.15, 0.2) is 0 Å². The Morgan fingerprint density at radius 1 is 1.18 bits per heavy atom.